The number of esters is 1. The first-order valence-corrected chi connectivity index (χ1v) is 5.40. The van der Waals surface area contributed by atoms with Crippen molar-refractivity contribution in [3.8, 4) is 0 Å². The van der Waals surface area contributed by atoms with Crippen molar-refractivity contribution in [2.24, 2.45) is 0 Å². The van der Waals surface area contributed by atoms with Crippen LogP contribution in [0.25, 0.3) is 10.9 Å². The molecule has 0 unspecified atom stereocenters. The number of rotatable bonds is 2. The molecule has 1 heterocycles. The second-order valence-corrected chi connectivity index (χ2v) is 3.78. The minimum Gasteiger partial charge on any atom is -0.461 e. The van der Waals surface area contributed by atoms with Crippen LogP contribution in [0.4, 0.5) is 17.6 Å². The van der Waals surface area contributed by atoms with E-state index in [1.54, 1.807) is 6.92 Å². The first-order chi connectivity index (χ1) is 8.84. The number of alkyl halides is 3. The van der Waals surface area contributed by atoms with Crippen LogP contribution in [0.1, 0.15) is 23.0 Å². The SMILES string of the molecule is CCOC(=O)c1cc2c(C(F)(F)F)c(F)ccc2[nH]1. The lowest BCUT2D eigenvalue weighted by atomic mass is 10.1. The van der Waals surface area contributed by atoms with Gasteiger partial charge >= 0.3 is 12.1 Å². The molecule has 0 saturated heterocycles. The van der Waals surface area contributed by atoms with E-state index < -0.39 is 28.9 Å². The fourth-order valence-electron chi connectivity index (χ4n) is 1.78. The van der Waals surface area contributed by atoms with E-state index in [0.717, 1.165) is 12.1 Å². The number of fused-ring (bicyclic) bond motifs is 1. The van der Waals surface area contributed by atoms with Gasteiger partial charge < -0.3 is 9.72 Å². The van der Waals surface area contributed by atoms with Crippen molar-refractivity contribution in [2.45, 2.75) is 13.1 Å². The Morgan fingerprint density at radius 3 is 2.63 bits per heavy atom. The van der Waals surface area contributed by atoms with Crippen LogP contribution in [0.3, 0.4) is 0 Å². The van der Waals surface area contributed by atoms with Crippen molar-refractivity contribution >= 4 is 16.9 Å². The van der Waals surface area contributed by atoms with Gasteiger partial charge in [-0.1, -0.05) is 0 Å². The van der Waals surface area contributed by atoms with E-state index in [2.05, 4.69) is 9.72 Å². The molecule has 1 aromatic carbocycles. The molecule has 2 rings (SSSR count). The number of aromatic amines is 1. The normalized spacial score (nSPS) is 11.8. The molecule has 102 valence electrons. The zero-order valence-corrected chi connectivity index (χ0v) is 9.77. The molecule has 2 aromatic rings. The number of hydrogen-bond acceptors (Lipinski definition) is 2. The van der Waals surface area contributed by atoms with Crippen LogP contribution < -0.4 is 0 Å². The predicted octanol–water partition coefficient (Wildman–Crippen LogP) is 3.50. The van der Waals surface area contributed by atoms with Gasteiger partial charge in [0.25, 0.3) is 0 Å². The van der Waals surface area contributed by atoms with Crippen LogP contribution in [0, 0.1) is 5.82 Å². The molecule has 3 nitrogen and oxygen atoms in total. The van der Waals surface area contributed by atoms with Gasteiger partial charge in [-0.25, -0.2) is 9.18 Å². The lowest BCUT2D eigenvalue weighted by Crippen LogP contribution is -2.08. The maximum absolute atomic E-state index is 13.3. The topological polar surface area (TPSA) is 42.1 Å². The van der Waals surface area contributed by atoms with Crippen molar-refractivity contribution in [3.05, 3.63) is 35.3 Å². The van der Waals surface area contributed by atoms with E-state index in [1.165, 1.54) is 0 Å². The molecule has 1 aromatic heterocycles. The third kappa shape index (κ3) is 2.40. The lowest BCUT2D eigenvalue weighted by molar-refractivity contribution is -0.138. The summed E-state index contributed by atoms with van der Waals surface area (Å²) in [7, 11) is 0. The highest BCUT2D eigenvalue weighted by Gasteiger charge is 2.36. The van der Waals surface area contributed by atoms with E-state index in [4.69, 9.17) is 0 Å². The number of nitrogens with one attached hydrogen (secondary N) is 1. The highest BCUT2D eigenvalue weighted by molar-refractivity contribution is 5.96. The number of aromatic nitrogens is 1. The van der Waals surface area contributed by atoms with E-state index in [9.17, 15) is 22.4 Å². The van der Waals surface area contributed by atoms with Crippen molar-refractivity contribution < 1.29 is 27.1 Å². The Bertz CT molecular complexity index is 630. The predicted molar refractivity (Wildman–Crippen MR) is 59.2 cm³/mol. The van der Waals surface area contributed by atoms with Crippen LogP contribution in [-0.2, 0) is 10.9 Å². The fraction of sp³-hybridized carbons (Fsp3) is 0.250. The van der Waals surface area contributed by atoms with Gasteiger partial charge in [0, 0.05) is 10.9 Å². The maximum atomic E-state index is 13.3. The number of carbonyl (C=O) groups excluding carboxylic acids is 1. The number of benzene rings is 1. The highest BCUT2D eigenvalue weighted by atomic mass is 19.4. The number of halogens is 4. The van der Waals surface area contributed by atoms with Gasteiger partial charge in [0.05, 0.1) is 6.61 Å². The molecule has 0 aliphatic carbocycles. The first-order valence-electron chi connectivity index (χ1n) is 5.40. The summed E-state index contributed by atoms with van der Waals surface area (Å²) in [6.07, 6.45) is -4.84. The fourth-order valence-corrected chi connectivity index (χ4v) is 1.78. The summed E-state index contributed by atoms with van der Waals surface area (Å²) < 4.78 is 56.3. The summed E-state index contributed by atoms with van der Waals surface area (Å²) in [5, 5.41) is -0.393. The second-order valence-electron chi connectivity index (χ2n) is 3.78. The Morgan fingerprint density at radius 2 is 2.05 bits per heavy atom. The Balaban J connectivity index is 2.63. The van der Waals surface area contributed by atoms with Gasteiger partial charge in [-0.3, -0.25) is 0 Å². The quantitative estimate of drug-likeness (QED) is 0.673. The molecular weight excluding hydrogens is 266 g/mol. The highest BCUT2D eigenvalue weighted by Crippen LogP contribution is 2.37. The average molecular weight is 275 g/mol. The minimum atomic E-state index is -4.84. The molecule has 19 heavy (non-hydrogen) atoms. The number of hydrogen-bond donors (Lipinski definition) is 1. The molecule has 0 bridgehead atoms. The second kappa shape index (κ2) is 4.56. The van der Waals surface area contributed by atoms with E-state index in [1.807, 2.05) is 0 Å². The Morgan fingerprint density at radius 1 is 1.37 bits per heavy atom. The van der Waals surface area contributed by atoms with Crippen LogP contribution in [-0.4, -0.2) is 17.6 Å². The lowest BCUT2D eigenvalue weighted by Gasteiger charge is -2.08. The van der Waals surface area contributed by atoms with Crippen LogP contribution in [0.2, 0.25) is 0 Å². The first kappa shape index (κ1) is 13.4. The maximum Gasteiger partial charge on any atom is 0.419 e. The Labute approximate surface area is 105 Å². The van der Waals surface area contributed by atoms with Gasteiger partial charge in [-0.05, 0) is 25.1 Å². The Kier molecular flexibility index (Phi) is 3.21. The summed E-state index contributed by atoms with van der Waals surface area (Å²) in [5.74, 6) is -2.17. The van der Waals surface area contributed by atoms with Gasteiger partial charge in [-0.2, -0.15) is 13.2 Å². The zero-order chi connectivity index (χ0) is 14.2. The molecule has 0 radical (unpaired) electrons. The number of H-pyrrole nitrogens is 1. The molecule has 0 spiro atoms. The third-order valence-electron chi connectivity index (χ3n) is 2.53. The molecular formula is C12H9F4NO2. The molecule has 0 saturated carbocycles. The molecule has 7 heteroatoms. The molecule has 0 aliphatic rings. The number of carbonyl (C=O) groups is 1. The van der Waals surface area contributed by atoms with Gasteiger partial charge in [0.15, 0.2) is 0 Å². The third-order valence-corrected chi connectivity index (χ3v) is 2.53. The van der Waals surface area contributed by atoms with E-state index >= 15 is 0 Å². The van der Waals surface area contributed by atoms with Crippen LogP contribution >= 0.6 is 0 Å². The molecule has 0 atom stereocenters. The standard InChI is InChI=1S/C12H9F4NO2/c1-2-19-11(18)9-5-6-8(17-9)4-3-7(13)10(6)12(14,15)16/h3-5,17H,2H2,1H3. The summed E-state index contributed by atoms with van der Waals surface area (Å²) in [4.78, 5) is 13.9. The number of ether oxygens (including phenoxy) is 1. The molecule has 1 N–H and O–H groups in total. The van der Waals surface area contributed by atoms with Gasteiger partial charge in [0.1, 0.15) is 17.1 Å². The summed E-state index contributed by atoms with van der Waals surface area (Å²) in [6, 6.07) is 2.79. The van der Waals surface area contributed by atoms with Crippen molar-refractivity contribution in [3.63, 3.8) is 0 Å². The van der Waals surface area contributed by atoms with Crippen LogP contribution in [0.15, 0.2) is 18.2 Å². The molecule has 0 aliphatic heterocycles. The average Bonchev–Trinajstić information content (AvgIpc) is 2.70. The largest absolute Gasteiger partial charge is 0.461 e. The van der Waals surface area contributed by atoms with Crippen molar-refractivity contribution in [2.75, 3.05) is 6.61 Å². The van der Waals surface area contributed by atoms with Gasteiger partial charge in [-0.15, -0.1) is 0 Å². The summed E-state index contributed by atoms with van der Waals surface area (Å²) in [5.41, 5.74) is -1.51. The van der Waals surface area contributed by atoms with Crippen molar-refractivity contribution in [1.29, 1.82) is 0 Å². The van der Waals surface area contributed by atoms with Crippen LogP contribution in [0.5, 0.6) is 0 Å². The zero-order valence-electron chi connectivity index (χ0n) is 9.77. The molecule has 0 amide bonds. The van der Waals surface area contributed by atoms with E-state index in [-0.39, 0.29) is 17.8 Å². The molecule has 0 fully saturated rings. The van der Waals surface area contributed by atoms with Crippen molar-refractivity contribution in [1.82, 2.24) is 4.98 Å². The van der Waals surface area contributed by atoms with E-state index in [0.29, 0.717) is 6.07 Å². The Hall–Kier alpha value is -2.05. The summed E-state index contributed by atoms with van der Waals surface area (Å²) in [6.45, 7) is 1.66. The monoisotopic (exact) mass is 275 g/mol. The minimum absolute atomic E-state index is 0.0248. The van der Waals surface area contributed by atoms with Gasteiger partial charge in [0.2, 0.25) is 0 Å². The summed E-state index contributed by atoms with van der Waals surface area (Å²) >= 11 is 0. The smallest absolute Gasteiger partial charge is 0.419 e.